The summed E-state index contributed by atoms with van der Waals surface area (Å²) in [6.07, 6.45) is 2.72. The van der Waals surface area contributed by atoms with Gasteiger partial charge in [-0.15, -0.1) is 0 Å². The van der Waals surface area contributed by atoms with Gasteiger partial charge >= 0.3 is 11.9 Å². The lowest BCUT2D eigenvalue weighted by Gasteiger charge is -2.17. The molecule has 0 amide bonds. The molecule has 0 aliphatic rings. The number of aliphatic carboxylic acids is 2. The summed E-state index contributed by atoms with van der Waals surface area (Å²) in [4.78, 5) is 33.0. The molecule has 0 heterocycles. The summed E-state index contributed by atoms with van der Waals surface area (Å²) >= 11 is 0. The Hall–Kier alpha value is -1.03. The lowest BCUT2D eigenvalue weighted by Crippen LogP contribution is -2.43. The van der Waals surface area contributed by atoms with Crippen molar-refractivity contribution >= 4 is 39.3 Å². The van der Waals surface area contributed by atoms with Gasteiger partial charge in [0.15, 0.2) is 5.78 Å². The second kappa shape index (κ2) is 8.97. The largest absolute Gasteiger partial charge is 0.480 e. The van der Waals surface area contributed by atoms with Crippen LogP contribution in [-0.4, -0.2) is 51.0 Å². The zero-order valence-corrected chi connectivity index (χ0v) is 11.8. The Morgan fingerprint density at radius 1 is 1.21 bits per heavy atom. The fourth-order valence-corrected chi connectivity index (χ4v) is 3.61. The zero-order chi connectivity index (χ0) is 15.0. The molecule has 0 aromatic rings. The second-order valence-corrected chi connectivity index (χ2v) is 6.07. The van der Waals surface area contributed by atoms with Crippen LogP contribution in [0.4, 0.5) is 0 Å². The standard InChI is InChI=1S/C10H16N2O5S2/c1-2-3-6(13)8(7(12)10(16)17)19-18-4-5(11)9(14)15/h2-3,5,7-8H,4,11-12H2,1H3,(H,14,15)(H,16,17). The molecule has 0 saturated heterocycles. The molecule has 0 aliphatic heterocycles. The molecule has 7 nitrogen and oxygen atoms in total. The maximum atomic E-state index is 11.7. The van der Waals surface area contributed by atoms with Crippen molar-refractivity contribution in [1.82, 2.24) is 0 Å². The molecule has 0 rings (SSSR count). The number of nitrogens with two attached hydrogens (primary N) is 2. The number of carboxylic acid groups (broad SMARTS) is 2. The van der Waals surface area contributed by atoms with Gasteiger partial charge in [-0.05, 0) is 13.0 Å². The maximum absolute atomic E-state index is 11.7. The summed E-state index contributed by atoms with van der Waals surface area (Å²) in [5.41, 5.74) is 10.7. The van der Waals surface area contributed by atoms with Gasteiger partial charge in [0.2, 0.25) is 0 Å². The molecule has 108 valence electrons. The first kappa shape index (κ1) is 18.0. The van der Waals surface area contributed by atoms with Crippen LogP contribution in [-0.2, 0) is 14.4 Å². The lowest BCUT2D eigenvalue weighted by molar-refractivity contribution is -0.139. The molecule has 0 fully saturated rings. The van der Waals surface area contributed by atoms with E-state index in [1.807, 2.05) is 0 Å². The van der Waals surface area contributed by atoms with Crippen LogP contribution in [0.3, 0.4) is 0 Å². The molecular weight excluding hydrogens is 292 g/mol. The Kier molecular flexibility index (Phi) is 8.48. The van der Waals surface area contributed by atoms with Crippen molar-refractivity contribution in [3.8, 4) is 0 Å². The molecule has 0 aromatic heterocycles. The van der Waals surface area contributed by atoms with E-state index in [1.165, 1.54) is 12.2 Å². The quantitative estimate of drug-likeness (QED) is 0.333. The van der Waals surface area contributed by atoms with E-state index in [0.29, 0.717) is 0 Å². The summed E-state index contributed by atoms with van der Waals surface area (Å²) in [5.74, 6) is -2.84. The molecule has 0 aliphatic carbocycles. The van der Waals surface area contributed by atoms with Gasteiger partial charge in [0.05, 0.1) is 0 Å². The number of carboxylic acids is 2. The first-order chi connectivity index (χ1) is 8.81. The first-order valence-corrected chi connectivity index (χ1v) is 7.61. The Morgan fingerprint density at radius 3 is 2.21 bits per heavy atom. The number of carbonyl (C=O) groups is 3. The van der Waals surface area contributed by atoms with Gasteiger partial charge in [0.1, 0.15) is 17.3 Å². The second-order valence-electron chi connectivity index (χ2n) is 3.51. The predicted octanol–water partition coefficient (Wildman–Crippen LogP) is -0.295. The highest BCUT2D eigenvalue weighted by molar-refractivity contribution is 8.77. The third-order valence-electron chi connectivity index (χ3n) is 1.96. The third kappa shape index (κ3) is 6.62. The lowest BCUT2D eigenvalue weighted by atomic mass is 10.1. The summed E-state index contributed by atoms with van der Waals surface area (Å²) in [6, 6.07) is -2.43. The average molecular weight is 308 g/mol. The predicted molar refractivity (Wildman–Crippen MR) is 74.9 cm³/mol. The van der Waals surface area contributed by atoms with E-state index in [9.17, 15) is 14.4 Å². The van der Waals surface area contributed by atoms with E-state index in [2.05, 4.69) is 0 Å². The number of allylic oxidation sites excluding steroid dienone is 2. The van der Waals surface area contributed by atoms with Gasteiger partial charge < -0.3 is 21.7 Å². The van der Waals surface area contributed by atoms with Crippen molar-refractivity contribution in [3.05, 3.63) is 12.2 Å². The van der Waals surface area contributed by atoms with E-state index in [-0.39, 0.29) is 5.75 Å². The Morgan fingerprint density at radius 2 is 1.79 bits per heavy atom. The van der Waals surface area contributed by atoms with Crippen LogP contribution in [0.25, 0.3) is 0 Å². The number of hydrogen-bond donors (Lipinski definition) is 4. The number of rotatable bonds is 9. The smallest absolute Gasteiger partial charge is 0.322 e. The van der Waals surface area contributed by atoms with Crippen LogP contribution < -0.4 is 11.5 Å². The summed E-state index contributed by atoms with van der Waals surface area (Å²) in [7, 11) is 1.93. The SMILES string of the molecule is CC=CC(=O)C(SSCC(N)C(=O)O)C(N)C(=O)O. The highest BCUT2D eigenvalue weighted by atomic mass is 33.1. The Labute approximate surface area is 118 Å². The molecule has 0 radical (unpaired) electrons. The van der Waals surface area contributed by atoms with Crippen LogP contribution in [0.15, 0.2) is 12.2 Å². The van der Waals surface area contributed by atoms with Gasteiger partial charge in [-0.2, -0.15) is 0 Å². The van der Waals surface area contributed by atoms with Gasteiger partial charge in [0.25, 0.3) is 0 Å². The highest BCUT2D eigenvalue weighted by Gasteiger charge is 2.30. The molecule has 19 heavy (non-hydrogen) atoms. The summed E-state index contributed by atoms with van der Waals surface area (Å²) < 4.78 is 0. The Balaban J connectivity index is 4.56. The van der Waals surface area contributed by atoms with Gasteiger partial charge in [-0.1, -0.05) is 27.7 Å². The van der Waals surface area contributed by atoms with Crippen molar-refractivity contribution in [3.63, 3.8) is 0 Å². The van der Waals surface area contributed by atoms with E-state index < -0.39 is 35.1 Å². The van der Waals surface area contributed by atoms with Crippen LogP contribution in [0.2, 0.25) is 0 Å². The Bertz CT molecular complexity index is 375. The summed E-state index contributed by atoms with van der Waals surface area (Å²) in [5, 5.41) is 16.4. The van der Waals surface area contributed by atoms with Gasteiger partial charge in [0, 0.05) is 5.75 Å². The molecule has 6 N–H and O–H groups in total. The highest BCUT2D eigenvalue weighted by Crippen LogP contribution is 2.29. The zero-order valence-electron chi connectivity index (χ0n) is 10.2. The van der Waals surface area contributed by atoms with E-state index in [4.69, 9.17) is 21.7 Å². The first-order valence-electron chi connectivity index (χ1n) is 5.22. The fourth-order valence-electron chi connectivity index (χ4n) is 0.930. The number of hydrogen-bond acceptors (Lipinski definition) is 7. The van der Waals surface area contributed by atoms with Crippen molar-refractivity contribution in [2.24, 2.45) is 11.5 Å². The van der Waals surface area contributed by atoms with Crippen molar-refractivity contribution in [2.45, 2.75) is 24.3 Å². The van der Waals surface area contributed by atoms with E-state index in [0.717, 1.165) is 21.6 Å². The van der Waals surface area contributed by atoms with Crippen molar-refractivity contribution < 1.29 is 24.6 Å². The molecule has 3 atom stereocenters. The topological polar surface area (TPSA) is 144 Å². The van der Waals surface area contributed by atoms with Crippen LogP contribution in [0, 0.1) is 0 Å². The number of ketones is 1. The summed E-state index contributed by atoms with van der Waals surface area (Å²) in [6.45, 7) is 1.62. The van der Waals surface area contributed by atoms with E-state index >= 15 is 0 Å². The minimum Gasteiger partial charge on any atom is -0.480 e. The van der Waals surface area contributed by atoms with Crippen LogP contribution in [0.5, 0.6) is 0 Å². The molecule has 0 bridgehead atoms. The minimum absolute atomic E-state index is 0.0476. The fraction of sp³-hybridized carbons (Fsp3) is 0.500. The monoisotopic (exact) mass is 308 g/mol. The van der Waals surface area contributed by atoms with Crippen LogP contribution >= 0.6 is 21.6 Å². The normalized spacial score (nSPS) is 15.9. The van der Waals surface area contributed by atoms with Crippen LogP contribution in [0.1, 0.15) is 6.92 Å². The van der Waals surface area contributed by atoms with Gasteiger partial charge in [-0.25, -0.2) is 0 Å². The maximum Gasteiger partial charge on any atom is 0.322 e. The number of carbonyl (C=O) groups excluding carboxylic acids is 1. The average Bonchev–Trinajstić information content (AvgIpc) is 2.33. The molecule has 0 saturated carbocycles. The molecular formula is C10H16N2O5S2. The van der Waals surface area contributed by atoms with Crippen molar-refractivity contribution in [1.29, 1.82) is 0 Å². The minimum atomic E-state index is -1.36. The van der Waals surface area contributed by atoms with Gasteiger partial charge in [-0.3, -0.25) is 14.4 Å². The molecule has 0 spiro atoms. The van der Waals surface area contributed by atoms with E-state index in [1.54, 1.807) is 6.92 Å². The molecule has 0 aromatic carbocycles. The molecule has 9 heteroatoms. The third-order valence-corrected chi connectivity index (χ3v) is 4.76. The van der Waals surface area contributed by atoms with Crippen molar-refractivity contribution in [2.75, 3.05) is 5.75 Å². The molecule has 3 unspecified atom stereocenters.